The second kappa shape index (κ2) is 4.70. The van der Waals surface area contributed by atoms with Gasteiger partial charge in [-0.25, -0.2) is 9.38 Å². The number of hydrogen-bond acceptors (Lipinski definition) is 1. The molecule has 1 rings (SSSR count). The summed E-state index contributed by atoms with van der Waals surface area (Å²) in [7, 11) is 0. The third-order valence-electron chi connectivity index (χ3n) is 1.67. The van der Waals surface area contributed by atoms with E-state index < -0.39 is 5.82 Å². The summed E-state index contributed by atoms with van der Waals surface area (Å²) in [5.74, 6) is -0.370. The molecular formula is C11H15ClFN3. The van der Waals surface area contributed by atoms with E-state index in [1.54, 1.807) is 12.1 Å². The highest BCUT2D eigenvalue weighted by Crippen LogP contribution is 2.21. The molecule has 0 spiro atoms. The van der Waals surface area contributed by atoms with Crippen LogP contribution < -0.4 is 11.1 Å². The van der Waals surface area contributed by atoms with Crippen LogP contribution in [0.5, 0.6) is 0 Å². The van der Waals surface area contributed by atoms with E-state index in [2.05, 4.69) is 10.3 Å². The summed E-state index contributed by atoms with van der Waals surface area (Å²) in [4.78, 5) is 4.15. The lowest BCUT2D eigenvalue weighted by molar-refractivity contribution is 0.582. The summed E-state index contributed by atoms with van der Waals surface area (Å²) in [6, 6.07) is 4.66. The molecule has 0 amide bonds. The first-order valence-corrected chi connectivity index (χ1v) is 5.24. The Kier molecular flexibility index (Phi) is 3.75. The van der Waals surface area contributed by atoms with Gasteiger partial charge in [0.2, 0.25) is 0 Å². The smallest absolute Gasteiger partial charge is 0.193 e. The van der Waals surface area contributed by atoms with Crippen LogP contribution in [-0.2, 0) is 0 Å². The topological polar surface area (TPSA) is 50.4 Å². The third-order valence-corrected chi connectivity index (χ3v) is 1.96. The number of benzene rings is 1. The van der Waals surface area contributed by atoms with Gasteiger partial charge in [0.25, 0.3) is 0 Å². The van der Waals surface area contributed by atoms with Gasteiger partial charge in [-0.3, -0.25) is 0 Å². The van der Waals surface area contributed by atoms with E-state index in [1.807, 2.05) is 20.8 Å². The zero-order valence-electron chi connectivity index (χ0n) is 9.51. The van der Waals surface area contributed by atoms with Crippen LogP contribution in [0, 0.1) is 5.82 Å². The largest absolute Gasteiger partial charge is 0.370 e. The van der Waals surface area contributed by atoms with Gasteiger partial charge in [-0.15, -0.1) is 0 Å². The van der Waals surface area contributed by atoms with Gasteiger partial charge >= 0.3 is 0 Å². The quantitative estimate of drug-likeness (QED) is 0.589. The number of guanidine groups is 1. The maximum Gasteiger partial charge on any atom is 0.193 e. The summed E-state index contributed by atoms with van der Waals surface area (Å²) in [5, 5.41) is 2.73. The van der Waals surface area contributed by atoms with Gasteiger partial charge in [-0.05, 0) is 32.9 Å². The second-order valence-electron chi connectivity index (χ2n) is 4.39. The van der Waals surface area contributed by atoms with E-state index in [1.165, 1.54) is 6.07 Å². The van der Waals surface area contributed by atoms with Crippen molar-refractivity contribution in [2.45, 2.75) is 26.3 Å². The van der Waals surface area contributed by atoms with Crippen LogP contribution in [-0.4, -0.2) is 11.5 Å². The Balaban J connectivity index is 2.90. The molecule has 16 heavy (non-hydrogen) atoms. The molecule has 0 aliphatic rings. The molecule has 88 valence electrons. The predicted octanol–water partition coefficient (Wildman–Crippen LogP) is 3.00. The number of nitrogens with two attached hydrogens (primary N) is 1. The molecule has 1 aromatic rings. The normalized spacial score (nSPS) is 12.7. The van der Waals surface area contributed by atoms with E-state index in [4.69, 9.17) is 17.3 Å². The minimum absolute atomic E-state index is 0.0496. The van der Waals surface area contributed by atoms with Gasteiger partial charge in [0.1, 0.15) is 0 Å². The van der Waals surface area contributed by atoms with Crippen LogP contribution in [0.25, 0.3) is 0 Å². The summed E-state index contributed by atoms with van der Waals surface area (Å²) in [6.45, 7) is 5.70. The molecule has 0 aliphatic carbocycles. The van der Waals surface area contributed by atoms with Crippen LogP contribution in [0.15, 0.2) is 23.2 Å². The van der Waals surface area contributed by atoms with Gasteiger partial charge in [-0.1, -0.05) is 17.7 Å². The fourth-order valence-electron chi connectivity index (χ4n) is 1.13. The van der Waals surface area contributed by atoms with Crippen LogP contribution in [0.1, 0.15) is 20.8 Å². The summed E-state index contributed by atoms with van der Waals surface area (Å²) in [6.07, 6.45) is 0. The van der Waals surface area contributed by atoms with Gasteiger partial charge in [0, 0.05) is 0 Å². The fraction of sp³-hybridized carbons (Fsp3) is 0.364. The molecule has 0 atom stereocenters. The summed E-state index contributed by atoms with van der Waals surface area (Å²) >= 11 is 5.63. The van der Waals surface area contributed by atoms with Crippen molar-refractivity contribution < 1.29 is 4.39 Å². The minimum Gasteiger partial charge on any atom is -0.370 e. The highest BCUT2D eigenvalue weighted by Gasteiger charge is 2.10. The molecule has 0 bridgehead atoms. The number of nitrogens with zero attached hydrogens (tertiary/aromatic N) is 1. The van der Waals surface area contributed by atoms with Crippen molar-refractivity contribution in [3.05, 3.63) is 29.0 Å². The minimum atomic E-state index is -0.531. The molecular weight excluding hydrogens is 229 g/mol. The molecule has 1 aromatic carbocycles. The Hall–Kier alpha value is -1.29. The summed E-state index contributed by atoms with van der Waals surface area (Å²) < 4.78 is 13.5. The Morgan fingerprint density at radius 3 is 2.62 bits per heavy atom. The van der Waals surface area contributed by atoms with Crippen LogP contribution in [0.2, 0.25) is 5.02 Å². The predicted molar refractivity (Wildman–Crippen MR) is 66.4 cm³/mol. The van der Waals surface area contributed by atoms with Crippen molar-refractivity contribution in [3.8, 4) is 0 Å². The molecule has 0 aliphatic heterocycles. The van der Waals surface area contributed by atoms with E-state index in [-0.39, 0.29) is 22.2 Å². The van der Waals surface area contributed by atoms with E-state index in [0.29, 0.717) is 0 Å². The SMILES string of the molecule is CC(C)(C)N=C(N)Nc1cccc(Cl)c1F. The Bertz CT molecular complexity index is 410. The molecule has 0 saturated carbocycles. The number of halogens is 2. The molecule has 3 N–H and O–H groups in total. The first-order valence-electron chi connectivity index (χ1n) is 4.86. The average Bonchev–Trinajstić information content (AvgIpc) is 2.09. The van der Waals surface area contributed by atoms with Crippen molar-refractivity contribution in [1.82, 2.24) is 0 Å². The fourth-order valence-corrected chi connectivity index (χ4v) is 1.30. The Morgan fingerprint density at radius 2 is 2.06 bits per heavy atom. The first kappa shape index (κ1) is 12.8. The molecule has 0 aromatic heterocycles. The number of rotatable bonds is 1. The number of hydrogen-bond donors (Lipinski definition) is 2. The van der Waals surface area contributed by atoms with Crippen LogP contribution in [0.4, 0.5) is 10.1 Å². The standard InChI is InChI=1S/C11H15ClFN3/c1-11(2,3)16-10(14)15-8-6-4-5-7(12)9(8)13/h4-6H,1-3H3,(H3,14,15,16). The first-order chi connectivity index (χ1) is 7.29. The highest BCUT2D eigenvalue weighted by atomic mass is 35.5. The van der Waals surface area contributed by atoms with E-state index >= 15 is 0 Å². The lowest BCUT2D eigenvalue weighted by Gasteiger charge is -2.14. The lowest BCUT2D eigenvalue weighted by atomic mass is 10.1. The van der Waals surface area contributed by atoms with Gasteiger partial charge in [0.15, 0.2) is 11.8 Å². The number of nitrogens with one attached hydrogen (secondary N) is 1. The third kappa shape index (κ3) is 3.70. The van der Waals surface area contributed by atoms with E-state index in [0.717, 1.165) is 0 Å². The van der Waals surface area contributed by atoms with Gasteiger partial charge in [-0.2, -0.15) is 0 Å². The molecule has 5 heteroatoms. The van der Waals surface area contributed by atoms with Crippen molar-refractivity contribution in [2.75, 3.05) is 5.32 Å². The number of anilines is 1. The number of aliphatic imine (C=N–C) groups is 1. The highest BCUT2D eigenvalue weighted by molar-refractivity contribution is 6.31. The Morgan fingerprint density at radius 1 is 1.44 bits per heavy atom. The molecule has 0 heterocycles. The molecule has 0 unspecified atom stereocenters. The molecule has 0 radical (unpaired) electrons. The van der Waals surface area contributed by atoms with Crippen LogP contribution >= 0.6 is 11.6 Å². The van der Waals surface area contributed by atoms with Gasteiger partial charge in [0.05, 0.1) is 16.2 Å². The maximum atomic E-state index is 13.5. The maximum absolute atomic E-state index is 13.5. The molecule has 0 fully saturated rings. The average molecular weight is 244 g/mol. The van der Waals surface area contributed by atoms with E-state index in [9.17, 15) is 4.39 Å². The summed E-state index contributed by atoms with van der Waals surface area (Å²) in [5.41, 5.74) is 5.55. The van der Waals surface area contributed by atoms with Crippen LogP contribution in [0.3, 0.4) is 0 Å². The zero-order valence-corrected chi connectivity index (χ0v) is 10.3. The van der Waals surface area contributed by atoms with Crippen molar-refractivity contribution in [2.24, 2.45) is 10.7 Å². The Labute approximate surface area is 99.5 Å². The second-order valence-corrected chi connectivity index (χ2v) is 4.80. The van der Waals surface area contributed by atoms with Crippen molar-refractivity contribution >= 4 is 23.2 Å². The van der Waals surface area contributed by atoms with Gasteiger partial charge < -0.3 is 11.1 Å². The monoisotopic (exact) mass is 243 g/mol. The molecule has 3 nitrogen and oxygen atoms in total. The zero-order chi connectivity index (χ0) is 12.3. The van der Waals surface area contributed by atoms with Crippen molar-refractivity contribution in [3.63, 3.8) is 0 Å². The lowest BCUT2D eigenvalue weighted by Crippen LogP contribution is -2.27. The molecule has 0 saturated heterocycles. The van der Waals surface area contributed by atoms with Crippen molar-refractivity contribution in [1.29, 1.82) is 0 Å².